The molecule has 2 aromatic carbocycles. The number of sulfonamides is 1. The number of halogens is 4. The molecule has 1 N–H and O–H groups in total. The van der Waals surface area contributed by atoms with Gasteiger partial charge in [0.1, 0.15) is 5.75 Å². The highest BCUT2D eigenvalue weighted by Gasteiger charge is 2.31. The van der Waals surface area contributed by atoms with Gasteiger partial charge in [0, 0.05) is 12.7 Å². The average molecular weight is 423 g/mol. The largest absolute Gasteiger partial charge is 0.573 e. The van der Waals surface area contributed by atoms with E-state index >= 15 is 0 Å². The van der Waals surface area contributed by atoms with Gasteiger partial charge in [-0.25, -0.2) is 8.42 Å². The van der Waals surface area contributed by atoms with Crippen LogP contribution >= 0.6 is 11.6 Å². The molecule has 0 radical (unpaired) electrons. The van der Waals surface area contributed by atoms with Crippen LogP contribution in [0.15, 0.2) is 42.5 Å². The summed E-state index contributed by atoms with van der Waals surface area (Å²) in [6.45, 7) is 0. The van der Waals surface area contributed by atoms with Crippen molar-refractivity contribution in [1.29, 1.82) is 0 Å². The molecular formula is C16H14ClF3N2O4S. The molecule has 0 fully saturated rings. The summed E-state index contributed by atoms with van der Waals surface area (Å²) in [5.74, 6) is -1.09. The molecule has 146 valence electrons. The summed E-state index contributed by atoms with van der Waals surface area (Å²) in [5, 5.41) is 2.54. The van der Waals surface area contributed by atoms with E-state index in [-0.39, 0.29) is 22.0 Å². The fourth-order valence-electron chi connectivity index (χ4n) is 2.01. The van der Waals surface area contributed by atoms with Crippen LogP contribution < -0.4 is 14.4 Å². The summed E-state index contributed by atoms with van der Waals surface area (Å²) >= 11 is 6.00. The molecule has 0 unspecified atom stereocenters. The number of anilines is 2. The molecule has 0 saturated carbocycles. The molecule has 0 bridgehead atoms. The Labute approximate surface area is 158 Å². The predicted molar refractivity (Wildman–Crippen MR) is 95.8 cm³/mol. The van der Waals surface area contributed by atoms with Crippen molar-refractivity contribution in [2.24, 2.45) is 0 Å². The van der Waals surface area contributed by atoms with E-state index in [1.807, 2.05) is 0 Å². The number of hydrogen-bond acceptors (Lipinski definition) is 4. The minimum Gasteiger partial charge on any atom is -0.406 e. The van der Waals surface area contributed by atoms with E-state index in [4.69, 9.17) is 11.6 Å². The Hall–Kier alpha value is -2.46. The number of benzene rings is 2. The van der Waals surface area contributed by atoms with Gasteiger partial charge in [-0.2, -0.15) is 0 Å². The fourth-order valence-corrected chi connectivity index (χ4v) is 2.71. The zero-order chi connectivity index (χ0) is 20.4. The first-order chi connectivity index (χ1) is 12.4. The number of carbonyl (C=O) groups is 1. The summed E-state index contributed by atoms with van der Waals surface area (Å²) in [6, 6.07) is 8.62. The molecule has 27 heavy (non-hydrogen) atoms. The molecule has 2 aromatic rings. The van der Waals surface area contributed by atoms with Crippen LogP contribution in [0, 0.1) is 0 Å². The van der Waals surface area contributed by atoms with Gasteiger partial charge in [0.15, 0.2) is 0 Å². The second-order valence-electron chi connectivity index (χ2n) is 5.42. The van der Waals surface area contributed by atoms with E-state index < -0.39 is 28.0 Å². The lowest BCUT2D eigenvalue weighted by Gasteiger charge is -2.18. The zero-order valence-electron chi connectivity index (χ0n) is 14.0. The first-order valence-corrected chi connectivity index (χ1v) is 9.50. The molecule has 0 aliphatic rings. The van der Waals surface area contributed by atoms with Crippen LogP contribution in [0.3, 0.4) is 0 Å². The van der Waals surface area contributed by atoms with Gasteiger partial charge in [-0.3, -0.25) is 9.10 Å². The van der Waals surface area contributed by atoms with Crippen molar-refractivity contribution in [2.75, 3.05) is 22.9 Å². The van der Waals surface area contributed by atoms with Gasteiger partial charge in [0.05, 0.1) is 22.5 Å². The number of hydrogen-bond donors (Lipinski definition) is 1. The molecular weight excluding hydrogens is 409 g/mol. The number of alkyl halides is 3. The molecule has 6 nitrogen and oxygen atoms in total. The van der Waals surface area contributed by atoms with Gasteiger partial charge < -0.3 is 10.1 Å². The van der Waals surface area contributed by atoms with E-state index in [0.717, 1.165) is 22.7 Å². The number of ether oxygens (including phenoxy) is 1. The van der Waals surface area contributed by atoms with Crippen LogP contribution in [0.4, 0.5) is 24.5 Å². The van der Waals surface area contributed by atoms with Gasteiger partial charge in [-0.1, -0.05) is 11.6 Å². The Morgan fingerprint density at radius 2 is 1.74 bits per heavy atom. The van der Waals surface area contributed by atoms with Crippen LogP contribution in [0.5, 0.6) is 5.75 Å². The van der Waals surface area contributed by atoms with Crippen molar-refractivity contribution in [3.05, 3.63) is 53.1 Å². The highest BCUT2D eigenvalue weighted by molar-refractivity contribution is 7.92. The number of carbonyl (C=O) groups excluding carboxylic acids is 1. The summed E-state index contributed by atoms with van der Waals surface area (Å²) in [7, 11) is -2.22. The van der Waals surface area contributed by atoms with Crippen LogP contribution in [0.1, 0.15) is 10.4 Å². The Kier molecular flexibility index (Phi) is 5.91. The molecule has 0 spiro atoms. The molecule has 0 saturated heterocycles. The summed E-state index contributed by atoms with van der Waals surface area (Å²) in [4.78, 5) is 12.4. The Bertz CT molecular complexity index is 947. The molecule has 0 aliphatic heterocycles. The number of amides is 1. The minimum atomic E-state index is -4.82. The van der Waals surface area contributed by atoms with Crippen molar-refractivity contribution < 1.29 is 31.1 Å². The predicted octanol–water partition coefficient (Wildman–Crippen LogP) is 3.89. The van der Waals surface area contributed by atoms with Gasteiger partial charge >= 0.3 is 6.36 Å². The molecule has 11 heteroatoms. The van der Waals surface area contributed by atoms with E-state index in [1.165, 1.54) is 37.4 Å². The second-order valence-corrected chi connectivity index (χ2v) is 7.84. The van der Waals surface area contributed by atoms with Crippen molar-refractivity contribution in [3.63, 3.8) is 0 Å². The summed E-state index contributed by atoms with van der Waals surface area (Å²) in [5.41, 5.74) is 0.425. The highest BCUT2D eigenvalue weighted by atomic mass is 35.5. The summed E-state index contributed by atoms with van der Waals surface area (Å²) < 4.78 is 64.4. The lowest BCUT2D eigenvalue weighted by molar-refractivity contribution is -0.274. The zero-order valence-corrected chi connectivity index (χ0v) is 15.6. The van der Waals surface area contributed by atoms with Crippen LogP contribution in [0.25, 0.3) is 0 Å². The van der Waals surface area contributed by atoms with Crippen molar-refractivity contribution in [1.82, 2.24) is 0 Å². The number of nitrogens with zero attached hydrogens (tertiary/aromatic N) is 1. The molecule has 0 atom stereocenters. The maximum absolute atomic E-state index is 12.4. The van der Waals surface area contributed by atoms with E-state index in [9.17, 15) is 26.4 Å². The lowest BCUT2D eigenvalue weighted by Crippen LogP contribution is -2.25. The van der Waals surface area contributed by atoms with Crippen LogP contribution in [0.2, 0.25) is 5.02 Å². The van der Waals surface area contributed by atoms with Crippen LogP contribution in [-0.2, 0) is 10.0 Å². The minimum absolute atomic E-state index is 0.000264. The van der Waals surface area contributed by atoms with Gasteiger partial charge in [-0.05, 0) is 42.5 Å². The molecule has 2 rings (SSSR count). The lowest BCUT2D eigenvalue weighted by atomic mass is 10.1. The Morgan fingerprint density at radius 3 is 2.26 bits per heavy atom. The topological polar surface area (TPSA) is 75.7 Å². The maximum atomic E-state index is 12.4. The smallest absolute Gasteiger partial charge is 0.406 e. The molecule has 0 aliphatic carbocycles. The Morgan fingerprint density at radius 1 is 1.15 bits per heavy atom. The van der Waals surface area contributed by atoms with E-state index in [1.54, 1.807) is 0 Å². The first kappa shape index (κ1) is 20.8. The third-order valence-electron chi connectivity index (χ3n) is 3.40. The van der Waals surface area contributed by atoms with Gasteiger partial charge in [-0.15, -0.1) is 13.2 Å². The summed E-state index contributed by atoms with van der Waals surface area (Å²) in [6.07, 6.45) is -3.81. The third kappa shape index (κ3) is 5.76. The Balaban J connectivity index is 2.20. The monoisotopic (exact) mass is 422 g/mol. The van der Waals surface area contributed by atoms with Gasteiger partial charge in [0.2, 0.25) is 10.0 Å². The van der Waals surface area contributed by atoms with Crippen molar-refractivity contribution in [3.8, 4) is 5.75 Å². The second kappa shape index (κ2) is 7.65. The third-order valence-corrected chi connectivity index (χ3v) is 4.94. The average Bonchev–Trinajstić information content (AvgIpc) is 2.54. The fraction of sp³-hybridized carbons (Fsp3) is 0.188. The standard InChI is InChI=1S/C16H14ClF3N2O4S/c1-22(27(2,24)25)11-5-8-14(17)13(9-11)15(23)21-10-3-6-12(7-4-10)26-16(18,19)20/h3-9H,1-2H3,(H,21,23). The van der Waals surface area contributed by atoms with E-state index in [2.05, 4.69) is 10.1 Å². The number of nitrogens with one attached hydrogen (secondary N) is 1. The molecule has 1 amide bonds. The van der Waals surface area contributed by atoms with Crippen molar-refractivity contribution >= 4 is 38.9 Å². The quantitative estimate of drug-likeness (QED) is 0.793. The number of rotatable bonds is 5. The normalized spacial score (nSPS) is 11.8. The molecule has 0 heterocycles. The first-order valence-electron chi connectivity index (χ1n) is 7.27. The van der Waals surface area contributed by atoms with E-state index in [0.29, 0.717) is 0 Å². The maximum Gasteiger partial charge on any atom is 0.573 e. The van der Waals surface area contributed by atoms with Gasteiger partial charge in [0.25, 0.3) is 5.91 Å². The van der Waals surface area contributed by atoms with Crippen LogP contribution in [-0.4, -0.2) is 34.0 Å². The SMILES string of the molecule is CN(c1ccc(Cl)c(C(=O)Nc2ccc(OC(F)(F)F)cc2)c1)S(C)(=O)=O. The molecule has 0 aromatic heterocycles. The van der Waals surface area contributed by atoms with Crippen molar-refractivity contribution in [2.45, 2.75) is 6.36 Å². The highest BCUT2D eigenvalue weighted by Crippen LogP contribution is 2.26.